The van der Waals surface area contributed by atoms with Crippen molar-refractivity contribution in [2.45, 2.75) is 47.5 Å². The highest BCUT2D eigenvalue weighted by atomic mass is 14.5. The lowest BCUT2D eigenvalue weighted by Gasteiger charge is -2.18. The van der Waals surface area contributed by atoms with Crippen molar-refractivity contribution >= 4 is 0 Å². The minimum atomic E-state index is 0.745. The molecule has 0 bridgehead atoms. The molecule has 1 heteroatoms. The van der Waals surface area contributed by atoms with Crippen molar-refractivity contribution in [3.63, 3.8) is 0 Å². The van der Waals surface area contributed by atoms with Gasteiger partial charge in [0.2, 0.25) is 0 Å². The average molecular weight is 159 g/mol. The molecule has 0 aliphatic heterocycles. The maximum atomic E-state index is 5.56. The Kier molecular flexibility index (Phi) is 12.3. The summed E-state index contributed by atoms with van der Waals surface area (Å²) in [5.74, 6) is 1.55. The molecule has 0 fully saturated rings. The van der Waals surface area contributed by atoms with Gasteiger partial charge < -0.3 is 5.73 Å². The van der Waals surface area contributed by atoms with E-state index in [9.17, 15) is 0 Å². The zero-order valence-corrected chi connectivity index (χ0v) is 8.85. The van der Waals surface area contributed by atoms with Crippen LogP contribution in [-0.4, -0.2) is 6.54 Å². The Morgan fingerprint density at radius 3 is 1.64 bits per heavy atom. The quantitative estimate of drug-likeness (QED) is 0.670. The van der Waals surface area contributed by atoms with Crippen LogP contribution < -0.4 is 5.73 Å². The van der Waals surface area contributed by atoms with E-state index in [4.69, 9.17) is 5.73 Å². The van der Waals surface area contributed by atoms with Crippen LogP contribution in [0, 0.1) is 11.8 Å². The molecule has 0 saturated heterocycles. The summed E-state index contributed by atoms with van der Waals surface area (Å²) in [6.45, 7) is 11.6. The predicted molar refractivity (Wildman–Crippen MR) is 53.6 cm³/mol. The molecular formula is C10H25N. The molecule has 0 spiro atoms. The van der Waals surface area contributed by atoms with Crippen LogP contribution in [0.3, 0.4) is 0 Å². The lowest BCUT2D eigenvalue weighted by Crippen LogP contribution is -2.20. The molecule has 0 aromatic rings. The van der Waals surface area contributed by atoms with E-state index in [0.29, 0.717) is 0 Å². The van der Waals surface area contributed by atoms with Crippen molar-refractivity contribution in [3.05, 3.63) is 0 Å². The molecule has 2 N–H and O–H groups in total. The van der Waals surface area contributed by atoms with Gasteiger partial charge in [0.1, 0.15) is 0 Å². The molecule has 0 amide bonds. The van der Waals surface area contributed by atoms with E-state index in [1.165, 1.54) is 12.8 Å². The Morgan fingerprint density at radius 2 is 1.55 bits per heavy atom. The first-order chi connectivity index (χ1) is 5.26. The van der Waals surface area contributed by atoms with Gasteiger partial charge in [-0.1, -0.05) is 47.5 Å². The summed E-state index contributed by atoms with van der Waals surface area (Å²) in [5.41, 5.74) is 5.56. The van der Waals surface area contributed by atoms with Crippen LogP contribution in [-0.2, 0) is 0 Å². The number of nitrogens with two attached hydrogens (primary N) is 1. The molecule has 70 valence electrons. The normalized spacial score (nSPS) is 14.7. The third-order valence-electron chi connectivity index (χ3n) is 2.28. The molecule has 2 unspecified atom stereocenters. The molecule has 0 aromatic carbocycles. The smallest absolute Gasteiger partial charge is 0.00464 e. The fourth-order valence-corrected chi connectivity index (χ4v) is 1.13. The van der Waals surface area contributed by atoms with Gasteiger partial charge in [0.15, 0.2) is 0 Å². The first kappa shape index (κ1) is 13.5. The predicted octanol–water partition coefficient (Wildman–Crippen LogP) is 3.04. The topological polar surface area (TPSA) is 26.0 Å². The minimum absolute atomic E-state index is 0.745. The van der Waals surface area contributed by atoms with Gasteiger partial charge in [-0.15, -0.1) is 0 Å². The fourth-order valence-electron chi connectivity index (χ4n) is 1.13. The first-order valence-corrected chi connectivity index (χ1v) is 4.96. The van der Waals surface area contributed by atoms with Crippen LogP contribution in [0.15, 0.2) is 0 Å². The summed E-state index contributed by atoms with van der Waals surface area (Å²) in [4.78, 5) is 0. The van der Waals surface area contributed by atoms with E-state index in [-0.39, 0.29) is 0 Å². The molecular weight excluding hydrogens is 134 g/mol. The third-order valence-corrected chi connectivity index (χ3v) is 2.28. The largest absolute Gasteiger partial charge is 0.330 e. The Labute approximate surface area is 72.4 Å². The highest BCUT2D eigenvalue weighted by Crippen LogP contribution is 2.16. The van der Waals surface area contributed by atoms with Gasteiger partial charge in [-0.25, -0.2) is 0 Å². The second kappa shape index (κ2) is 9.96. The minimum Gasteiger partial charge on any atom is -0.330 e. The van der Waals surface area contributed by atoms with Crippen molar-refractivity contribution in [3.8, 4) is 0 Å². The van der Waals surface area contributed by atoms with Crippen LogP contribution in [0.4, 0.5) is 0 Å². The second-order valence-corrected chi connectivity index (χ2v) is 2.79. The Balaban J connectivity index is 0. The van der Waals surface area contributed by atoms with Crippen molar-refractivity contribution in [1.29, 1.82) is 0 Å². The molecule has 0 saturated carbocycles. The summed E-state index contributed by atoms with van der Waals surface area (Å²) in [6.07, 6.45) is 2.49. The molecule has 1 nitrogen and oxygen atoms in total. The Morgan fingerprint density at radius 1 is 1.09 bits per heavy atom. The highest BCUT2D eigenvalue weighted by Gasteiger charge is 2.10. The van der Waals surface area contributed by atoms with E-state index in [1.54, 1.807) is 0 Å². The molecule has 0 rings (SSSR count). The van der Waals surface area contributed by atoms with Crippen molar-refractivity contribution in [2.24, 2.45) is 17.6 Å². The van der Waals surface area contributed by atoms with E-state index in [2.05, 4.69) is 20.8 Å². The second-order valence-electron chi connectivity index (χ2n) is 2.79. The van der Waals surface area contributed by atoms with Crippen LogP contribution in [0.1, 0.15) is 47.5 Å². The molecule has 0 heterocycles. The van der Waals surface area contributed by atoms with E-state index in [0.717, 1.165) is 18.4 Å². The fraction of sp³-hybridized carbons (Fsp3) is 1.00. The van der Waals surface area contributed by atoms with Crippen LogP contribution in [0.25, 0.3) is 0 Å². The highest BCUT2D eigenvalue weighted by molar-refractivity contribution is 4.63. The molecule has 0 aromatic heterocycles. The SMILES string of the molecule is CC.CCC(C)C(CC)CN. The monoisotopic (exact) mass is 159 g/mol. The van der Waals surface area contributed by atoms with Crippen molar-refractivity contribution < 1.29 is 0 Å². The van der Waals surface area contributed by atoms with Crippen LogP contribution in [0.2, 0.25) is 0 Å². The van der Waals surface area contributed by atoms with Gasteiger partial charge >= 0.3 is 0 Å². The number of hydrogen-bond acceptors (Lipinski definition) is 1. The molecule has 2 atom stereocenters. The van der Waals surface area contributed by atoms with Crippen molar-refractivity contribution in [1.82, 2.24) is 0 Å². The van der Waals surface area contributed by atoms with Gasteiger partial charge in [-0.05, 0) is 18.4 Å². The third kappa shape index (κ3) is 6.36. The lowest BCUT2D eigenvalue weighted by atomic mass is 9.90. The molecule has 11 heavy (non-hydrogen) atoms. The van der Waals surface area contributed by atoms with Gasteiger partial charge in [0.25, 0.3) is 0 Å². The molecule has 0 aliphatic carbocycles. The molecule has 0 aliphatic rings. The Hall–Kier alpha value is -0.0400. The summed E-state index contributed by atoms with van der Waals surface area (Å²) in [5, 5.41) is 0. The van der Waals surface area contributed by atoms with E-state index in [1.807, 2.05) is 13.8 Å². The van der Waals surface area contributed by atoms with Gasteiger partial charge in [-0.3, -0.25) is 0 Å². The number of hydrogen-bond donors (Lipinski definition) is 1. The van der Waals surface area contributed by atoms with E-state index >= 15 is 0 Å². The zero-order valence-electron chi connectivity index (χ0n) is 8.85. The summed E-state index contributed by atoms with van der Waals surface area (Å²) < 4.78 is 0. The molecule has 0 radical (unpaired) electrons. The van der Waals surface area contributed by atoms with Gasteiger partial charge in [-0.2, -0.15) is 0 Å². The van der Waals surface area contributed by atoms with Crippen LogP contribution >= 0.6 is 0 Å². The first-order valence-electron chi connectivity index (χ1n) is 4.96. The zero-order chi connectivity index (χ0) is 9.28. The average Bonchev–Trinajstić information content (AvgIpc) is 2.10. The Bertz CT molecular complexity index is 57.9. The summed E-state index contributed by atoms with van der Waals surface area (Å²) >= 11 is 0. The standard InChI is InChI=1S/C8H19N.C2H6/c1-4-7(3)8(5-2)6-9;1-2/h7-8H,4-6,9H2,1-3H3;1-2H3. The van der Waals surface area contributed by atoms with Crippen molar-refractivity contribution in [2.75, 3.05) is 6.54 Å². The maximum absolute atomic E-state index is 5.56. The maximum Gasteiger partial charge on any atom is -0.00464 e. The van der Waals surface area contributed by atoms with E-state index < -0.39 is 0 Å². The van der Waals surface area contributed by atoms with Gasteiger partial charge in [0.05, 0.1) is 0 Å². The lowest BCUT2D eigenvalue weighted by molar-refractivity contribution is 0.346. The van der Waals surface area contributed by atoms with Gasteiger partial charge in [0, 0.05) is 0 Å². The summed E-state index contributed by atoms with van der Waals surface area (Å²) in [6, 6.07) is 0. The summed E-state index contributed by atoms with van der Waals surface area (Å²) in [7, 11) is 0. The number of rotatable bonds is 4. The van der Waals surface area contributed by atoms with Crippen LogP contribution in [0.5, 0.6) is 0 Å².